The molecule has 0 fully saturated rings. The van der Waals surface area contributed by atoms with Gasteiger partial charge in [0.15, 0.2) is 5.82 Å². The number of aryl methyl sites for hydroxylation is 1. The Morgan fingerprint density at radius 3 is 2.46 bits per heavy atom. The molecule has 0 saturated carbocycles. The average Bonchev–Trinajstić information content (AvgIpc) is 2.63. The van der Waals surface area contributed by atoms with Crippen molar-refractivity contribution in [2.75, 3.05) is 11.9 Å². The lowest BCUT2D eigenvalue weighted by molar-refractivity contribution is 0.191. The van der Waals surface area contributed by atoms with Crippen molar-refractivity contribution in [2.24, 2.45) is 7.05 Å². The molecule has 24 heavy (non-hydrogen) atoms. The van der Waals surface area contributed by atoms with Gasteiger partial charge in [-0.2, -0.15) is 0 Å². The summed E-state index contributed by atoms with van der Waals surface area (Å²) in [4.78, 5) is 15.9. The Morgan fingerprint density at radius 1 is 1.08 bits per heavy atom. The van der Waals surface area contributed by atoms with Crippen molar-refractivity contribution in [1.82, 2.24) is 9.55 Å². The molecule has 0 radical (unpaired) electrons. The quantitative estimate of drug-likeness (QED) is 0.758. The molecular weight excluding hydrogens is 302 g/mol. The van der Waals surface area contributed by atoms with E-state index in [-0.39, 0.29) is 17.9 Å². The maximum atomic E-state index is 11.9. The zero-order valence-corrected chi connectivity index (χ0v) is 13.4. The topological polar surface area (TPSA) is 67.2 Å². The van der Waals surface area contributed by atoms with Gasteiger partial charge in [0.25, 0.3) is 5.56 Å². The van der Waals surface area contributed by atoms with Crippen molar-refractivity contribution in [3.05, 3.63) is 82.9 Å². The Morgan fingerprint density at radius 2 is 1.75 bits per heavy atom. The van der Waals surface area contributed by atoms with E-state index < -0.39 is 6.10 Å². The second-order valence-corrected chi connectivity index (χ2v) is 5.58. The normalized spacial score (nSPS) is 11.9. The van der Waals surface area contributed by atoms with Crippen LogP contribution in [-0.2, 0) is 7.05 Å². The Bertz CT molecular complexity index is 858. The third kappa shape index (κ3) is 3.52. The van der Waals surface area contributed by atoms with Crippen LogP contribution in [0.1, 0.15) is 11.7 Å². The highest BCUT2D eigenvalue weighted by molar-refractivity contribution is 5.63. The lowest BCUT2D eigenvalue weighted by atomic mass is 10.0. The van der Waals surface area contributed by atoms with Crippen molar-refractivity contribution >= 4 is 5.82 Å². The van der Waals surface area contributed by atoms with E-state index in [1.165, 1.54) is 4.57 Å². The number of anilines is 1. The predicted octanol–water partition coefficient (Wildman–Crippen LogP) is 2.59. The molecule has 5 heteroatoms. The summed E-state index contributed by atoms with van der Waals surface area (Å²) in [6.45, 7) is 0.219. The number of aromatic nitrogens is 2. The molecule has 2 N–H and O–H groups in total. The van der Waals surface area contributed by atoms with Gasteiger partial charge >= 0.3 is 0 Å². The van der Waals surface area contributed by atoms with Gasteiger partial charge in [-0.3, -0.25) is 4.79 Å². The second kappa shape index (κ2) is 7.10. The molecule has 0 aliphatic rings. The third-order valence-corrected chi connectivity index (χ3v) is 3.88. The molecule has 2 aromatic carbocycles. The van der Waals surface area contributed by atoms with Gasteiger partial charge in [-0.25, -0.2) is 4.98 Å². The Balaban J connectivity index is 1.68. The van der Waals surface area contributed by atoms with E-state index in [1.807, 2.05) is 54.6 Å². The highest BCUT2D eigenvalue weighted by atomic mass is 16.3. The molecule has 0 amide bonds. The number of hydrogen-bond acceptors (Lipinski definition) is 4. The van der Waals surface area contributed by atoms with Gasteiger partial charge < -0.3 is 15.0 Å². The van der Waals surface area contributed by atoms with E-state index in [2.05, 4.69) is 10.3 Å². The zero-order chi connectivity index (χ0) is 16.9. The van der Waals surface area contributed by atoms with E-state index in [9.17, 15) is 9.90 Å². The Labute approximate surface area is 140 Å². The fourth-order valence-corrected chi connectivity index (χ4v) is 2.46. The molecule has 5 nitrogen and oxygen atoms in total. The fourth-order valence-electron chi connectivity index (χ4n) is 2.46. The van der Waals surface area contributed by atoms with Crippen molar-refractivity contribution in [3.63, 3.8) is 0 Å². The Hall–Kier alpha value is -2.92. The minimum Gasteiger partial charge on any atom is -0.387 e. The standard InChI is InChI=1S/C19H19N3O2/c1-22-12-11-20-18(19(22)24)21-13-17(23)16-9-7-15(8-10-16)14-5-3-2-4-6-14/h2-12,17,23H,13H2,1H3,(H,20,21)/t17-/m0/s1. The molecular formula is C19H19N3O2. The number of rotatable bonds is 5. The summed E-state index contributed by atoms with van der Waals surface area (Å²) >= 11 is 0. The number of aliphatic hydroxyl groups excluding tert-OH is 1. The highest BCUT2D eigenvalue weighted by Gasteiger charge is 2.10. The van der Waals surface area contributed by atoms with E-state index in [0.29, 0.717) is 0 Å². The van der Waals surface area contributed by atoms with Crippen LogP contribution in [0.4, 0.5) is 5.82 Å². The van der Waals surface area contributed by atoms with E-state index in [0.717, 1.165) is 16.7 Å². The molecule has 1 atom stereocenters. The van der Waals surface area contributed by atoms with Gasteiger partial charge in [0.1, 0.15) is 0 Å². The van der Waals surface area contributed by atoms with Crippen LogP contribution in [0.3, 0.4) is 0 Å². The summed E-state index contributed by atoms with van der Waals surface area (Å²) in [5.41, 5.74) is 2.80. The van der Waals surface area contributed by atoms with Crippen LogP contribution in [0.15, 0.2) is 71.8 Å². The fraction of sp³-hybridized carbons (Fsp3) is 0.158. The Kier molecular flexibility index (Phi) is 4.72. The third-order valence-electron chi connectivity index (χ3n) is 3.88. The van der Waals surface area contributed by atoms with E-state index >= 15 is 0 Å². The minimum atomic E-state index is -0.721. The summed E-state index contributed by atoms with van der Waals surface area (Å²) in [5, 5.41) is 13.2. The summed E-state index contributed by atoms with van der Waals surface area (Å²) in [7, 11) is 1.66. The second-order valence-electron chi connectivity index (χ2n) is 5.58. The van der Waals surface area contributed by atoms with Crippen molar-refractivity contribution in [3.8, 4) is 11.1 Å². The van der Waals surface area contributed by atoms with Crippen LogP contribution in [-0.4, -0.2) is 21.2 Å². The number of hydrogen-bond donors (Lipinski definition) is 2. The van der Waals surface area contributed by atoms with Gasteiger partial charge in [-0.05, 0) is 16.7 Å². The number of benzene rings is 2. The summed E-state index contributed by atoms with van der Waals surface area (Å²) in [5.74, 6) is 0.236. The van der Waals surface area contributed by atoms with E-state index in [4.69, 9.17) is 0 Å². The SMILES string of the molecule is Cn1ccnc(NC[C@H](O)c2ccc(-c3ccccc3)cc2)c1=O. The van der Waals surface area contributed by atoms with Gasteiger partial charge in [0, 0.05) is 26.0 Å². The van der Waals surface area contributed by atoms with Crippen LogP contribution in [0.5, 0.6) is 0 Å². The molecule has 1 heterocycles. The number of nitrogens with one attached hydrogen (secondary N) is 1. The number of aliphatic hydroxyl groups is 1. The first-order valence-corrected chi connectivity index (χ1v) is 7.74. The minimum absolute atomic E-state index is 0.218. The molecule has 3 aromatic rings. The monoisotopic (exact) mass is 321 g/mol. The van der Waals surface area contributed by atoms with Crippen molar-refractivity contribution < 1.29 is 5.11 Å². The smallest absolute Gasteiger partial charge is 0.293 e. The molecule has 122 valence electrons. The van der Waals surface area contributed by atoms with Crippen molar-refractivity contribution in [2.45, 2.75) is 6.10 Å². The van der Waals surface area contributed by atoms with Crippen LogP contribution in [0.2, 0.25) is 0 Å². The highest BCUT2D eigenvalue weighted by Crippen LogP contribution is 2.21. The zero-order valence-electron chi connectivity index (χ0n) is 13.4. The van der Waals surface area contributed by atoms with Gasteiger partial charge in [0.2, 0.25) is 0 Å². The van der Waals surface area contributed by atoms with Crippen LogP contribution >= 0.6 is 0 Å². The van der Waals surface area contributed by atoms with Crippen LogP contribution in [0, 0.1) is 0 Å². The van der Waals surface area contributed by atoms with Crippen molar-refractivity contribution in [1.29, 1.82) is 0 Å². The number of nitrogens with zero attached hydrogens (tertiary/aromatic N) is 2. The molecule has 3 rings (SSSR count). The van der Waals surface area contributed by atoms with Crippen LogP contribution < -0.4 is 10.9 Å². The first kappa shape index (κ1) is 16.0. The lowest BCUT2D eigenvalue weighted by Gasteiger charge is -2.13. The molecule has 0 spiro atoms. The summed E-state index contributed by atoms with van der Waals surface area (Å²) in [6.07, 6.45) is 2.42. The summed E-state index contributed by atoms with van der Waals surface area (Å²) in [6, 6.07) is 17.8. The predicted molar refractivity (Wildman–Crippen MR) is 94.8 cm³/mol. The molecule has 0 aliphatic heterocycles. The molecule has 1 aromatic heterocycles. The van der Waals surface area contributed by atoms with Gasteiger partial charge in [-0.1, -0.05) is 54.6 Å². The van der Waals surface area contributed by atoms with Gasteiger partial charge in [-0.15, -0.1) is 0 Å². The lowest BCUT2D eigenvalue weighted by Crippen LogP contribution is -2.24. The maximum absolute atomic E-state index is 11.9. The first-order chi connectivity index (χ1) is 11.6. The molecule has 0 bridgehead atoms. The first-order valence-electron chi connectivity index (χ1n) is 7.74. The molecule has 0 saturated heterocycles. The summed E-state index contributed by atoms with van der Waals surface area (Å²) < 4.78 is 1.44. The van der Waals surface area contributed by atoms with E-state index in [1.54, 1.807) is 19.4 Å². The van der Waals surface area contributed by atoms with Gasteiger partial charge in [0.05, 0.1) is 6.10 Å². The average molecular weight is 321 g/mol. The molecule has 0 aliphatic carbocycles. The van der Waals surface area contributed by atoms with Crippen LogP contribution in [0.25, 0.3) is 11.1 Å². The maximum Gasteiger partial charge on any atom is 0.293 e. The molecule has 0 unspecified atom stereocenters. The largest absolute Gasteiger partial charge is 0.387 e.